The van der Waals surface area contributed by atoms with Gasteiger partial charge in [0.15, 0.2) is 0 Å². The van der Waals surface area contributed by atoms with Crippen LogP contribution in [0.4, 0.5) is 5.95 Å². The summed E-state index contributed by atoms with van der Waals surface area (Å²) in [5.74, 6) is -0.122. The number of hydrogen-bond donors (Lipinski definition) is 0. The van der Waals surface area contributed by atoms with Crippen LogP contribution >= 0.6 is 11.6 Å². The van der Waals surface area contributed by atoms with E-state index in [1.165, 1.54) is 13.4 Å². The van der Waals surface area contributed by atoms with Gasteiger partial charge in [0.2, 0.25) is 11.2 Å². The maximum Gasteiger partial charge on any atom is 0.341 e. The van der Waals surface area contributed by atoms with Crippen LogP contribution in [0.15, 0.2) is 36.6 Å². The summed E-state index contributed by atoms with van der Waals surface area (Å²) >= 11 is 5.95. The Balaban J connectivity index is 2.33. The smallest absolute Gasteiger partial charge is 0.341 e. The molecule has 0 atom stereocenters. The van der Waals surface area contributed by atoms with Gasteiger partial charge in [0, 0.05) is 13.1 Å². The molecule has 8 heteroatoms. The predicted molar refractivity (Wildman–Crippen MR) is 95.5 cm³/mol. The van der Waals surface area contributed by atoms with Gasteiger partial charge >= 0.3 is 12.0 Å². The van der Waals surface area contributed by atoms with Gasteiger partial charge in [-0.15, -0.1) is 0 Å². The summed E-state index contributed by atoms with van der Waals surface area (Å²) < 4.78 is 10.3. The fourth-order valence-electron chi connectivity index (χ4n) is 2.10. The lowest BCUT2D eigenvalue weighted by molar-refractivity contribution is -0.133. The van der Waals surface area contributed by atoms with Crippen molar-refractivity contribution in [2.75, 3.05) is 25.1 Å². The fourth-order valence-corrected chi connectivity index (χ4v) is 2.24. The average molecular weight is 363 g/mol. The number of esters is 1. The molecular weight excluding hydrogens is 344 g/mol. The normalized spacial score (nSPS) is 11.1. The second kappa shape index (κ2) is 8.98. The maximum atomic E-state index is 12.0. The van der Waals surface area contributed by atoms with Crippen LogP contribution in [-0.2, 0) is 9.53 Å². The molecule has 0 saturated carbocycles. The van der Waals surface area contributed by atoms with E-state index in [1.807, 2.05) is 36.9 Å². The van der Waals surface area contributed by atoms with Crippen molar-refractivity contribution >= 4 is 29.1 Å². The number of benzene rings is 1. The highest BCUT2D eigenvalue weighted by molar-refractivity contribution is 6.28. The van der Waals surface area contributed by atoms with Gasteiger partial charge in [0.1, 0.15) is 11.8 Å². The molecule has 25 heavy (non-hydrogen) atoms. The number of hydrogen-bond acceptors (Lipinski definition) is 7. The molecule has 0 unspecified atom stereocenters. The van der Waals surface area contributed by atoms with Gasteiger partial charge < -0.3 is 14.4 Å². The molecule has 0 amide bonds. The molecule has 7 nitrogen and oxygen atoms in total. The molecule has 2 aromatic rings. The number of carbonyl (C=O) groups is 1. The molecule has 0 saturated heterocycles. The summed E-state index contributed by atoms with van der Waals surface area (Å²) in [6.07, 6.45) is 1.25. The highest BCUT2D eigenvalue weighted by Gasteiger charge is 2.15. The van der Waals surface area contributed by atoms with Crippen molar-refractivity contribution in [3.8, 4) is 6.01 Å². The van der Waals surface area contributed by atoms with Crippen LogP contribution in [-0.4, -0.2) is 41.1 Å². The van der Waals surface area contributed by atoms with Gasteiger partial charge in [-0.2, -0.15) is 15.0 Å². The van der Waals surface area contributed by atoms with Gasteiger partial charge in [-0.05, 0) is 31.0 Å². The molecule has 0 aliphatic carbocycles. The molecule has 2 rings (SSSR count). The Morgan fingerprint density at radius 2 is 1.84 bits per heavy atom. The Labute approximate surface area is 151 Å². The Morgan fingerprint density at radius 3 is 2.44 bits per heavy atom. The topological polar surface area (TPSA) is 77.4 Å². The molecule has 1 aromatic carbocycles. The van der Waals surface area contributed by atoms with E-state index >= 15 is 0 Å². The SMILES string of the molecule is CCN(CC)c1nc(Cl)nc(O/C=C(/C(=O)OC)c2ccccc2)n1. The lowest BCUT2D eigenvalue weighted by Gasteiger charge is -2.18. The summed E-state index contributed by atoms with van der Waals surface area (Å²) in [7, 11) is 1.30. The van der Waals surface area contributed by atoms with E-state index < -0.39 is 5.97 Å². The maximum absolute atomic E-state index is 12.0. The minimum Gasteiger partial charge on any atom is -0.465 e. The van der Waals surface area contributed by atoms with Crippen LogP contribution in [0.1, 0.15) is 19.4 Å². The van der Waals surface area contributed by atoms with E-state index in [9.17, 15) is 4.79 Å². The third-order valence-corrected chi connectivity index (χ3v) is 3.56. The summed E-state index contributed by atoms with van der Waals surface area (Å²) in [4.78, 5) is 26.2. The third kappa shape index (κ3) is 4.90. The number of ether oxygens (including phenoxy) is 2. The van der Waals surface area contributed by atoms with Crippen LogP contribution in [0.25, 0.3) is 5.57 Å². The first kappa shape index (κ1) is 18.7. The fraction of sp³-hybridized carbons (Fsp3) is 0.294. The van der Waals surface area contributed by atoms with E-state index in [4.69, 9.17) is 21.1 Å². The molecule has 0 bridgehead atoms. The van der Waals surface area contributed by atoms with Crippen LogP contribution in [0, 0.1) is 0 Å². The zero-order valence-corrected chi connectivity index (χ0v) is 15.0. The minimum absolute atomic E-state index is 0.000709. The molecule has 0 fully saturated rings. The highest BCUT2D eigenvalue weighted by atomic mass is 35.5. The van der Waals surface area contributed by atoms with Crippen molar-refractivity contribution in [3.63, 3.8) is 0 Å². The third-order valence-electron chi connectivity index (χ3n) is 3.39. The molecule has 0 aliphatic rings. The largest absolute Gasteiger partial charge is 0.465 e. The molecule has 0 aliphatic heterocycles. The first-order chi connectivity index (χ1) is 12.1. The van der Waals surface area contributed by atoms with E-state index in [0.29, 0.717) is 24.6 Å². The Bertz CT molecular complexity index is 749. The Kier molecular flexibility index (Phi) is 6.71. The van der Waals surface area contributed by atoms with Crippen molar-refractivity contribution < 1.29 is 14.3 Å². The summed E-state index contributed by atoms with van der Waals surface area (Å²) in [5.41, 5.74) is 0.891. The van der Waals surface area contributed by atoms with E-state index in [-0.39, 0.29) is 16.9 Å². The monoisotopic (exact) mass is 362 g/mol. The molecule has 0 radical (unpaired) electrons. The lowest BCUT2D eigenvalue weighted by atomic mass is 10.1. The van der Waals surface area contributed by atoms with Gasteiger partial charge in [-0.25, -0.2) is 4.79 Å². The Morgan fingerprint density at radius 1 is 1.16 bits per heavy atom. The number of rotatable bonds is 7. The van der Waals surface area contributed by atoms with Crippen LogP contribution in [0.5, 0.6) is 6.01 Å². The second-order valence-corrected chi connectivity index (χ2v) is 5.20. The molecule has 0 N–H and O–H groups in total. The van der Waals surface area contributed by atoms with E-state index in [1.54, 1.807) is 12.1 Å². The van der Waals surface area contributed by atoms with Crippen LogP contribution < -0.4 is 9.64 Å². The van der Waals surface area contributed by atoms with Crippen LogP contribution in [0.2, 0.25) is 5.28 Å². The Hall–Kier alpha value is -2.67. The molecule has 132 valence electrons. The zero-order valence-electron chi connectivity index (χ0n) is 14.3. The van der Waals surface area contributed by atoms with E-state index in [2.05, 4.69) is 15.0 Å². The zero-order chi connectivity index (χ0) is 18.2. The highest BCUT2D eigenvalue weighted by Crippen LogP contribution is 2.19. The molecular formula is C17H19ClN4O3. The predicted octanol–water partition coefficient (Wildman–Crippen LogP) is 2.96. The van der Waals surface area contributed by atoms with Crippen molar-refractivity contribution in [2.45, 2.75) is 13.8 Å². The first-order valence-electron chi connectivity index (χ1n) is 7.76. The number of methoxy groups -OCH3 is 1. The van der Waals surface area contributed by atoms with E-state index in [0.717, 1.165) is 0 Å². The number of aromatic nitrogens is 3. The van der Waals surface area contributed by atoms with Gasteiger partial charge in [-0.1, -0.05) is 30.3 Å². The minimum atomic E-state index is -0.532. The van der Waals surface area contributed by atoms with Crippen molar-refractivity contribution in [2.24, 2.45) is 0 Å². The summed E-state index contributed by atoms with van der Waals surface area (Å²) in [6.45, 7) is 5.38. The quantitative estimate of drug-likeness (QED) is 0.425. The summed E-state index contributed by atoms with van der Waals surface area (Å²) in [6, 6.07) is 9.01. The van der Waals surface area contributed by atoms with Gasteiger partial charge in [0.25, 0.3) is 0 Å². The number of anilines is 1. The lowest BCUT2D eigenvalue weighted by Crippen LogP contribution is -2.24. The van der Waals surface area contributed by atoms with Crippen LogP contribution in [0.3, 0.4) is 0 Å². The number of halogens is 1. The standard InChI is InChI=1S/C17H19ClN4O3/c1-4-22(5-2)16-19-15(18)20-17(21-16)25-11-13(14(23)24-3)12-9-7-6-8-10-12/h6-11H,4-5H2,1-3H3/b13-11+. The molecule has 1 aromatic heterocycles. The second-order valence-electron chi connectivity index (χ2n) is 4.87. The number of carbonyl (C=O) groups excluding carboxylic acids is 1. The number of nitrogens with zero attached hydrogens (tertiary/aromatic N) is 4. The van der Waals surface area contributed by atoms with Crippen molar-refractivity contribution in [1.82, 2.24) is 15.0 Å². The average Bonchev–Trinajstić information content (AvgIpc) is 2.63. The molecule has 0 spiro atoms. The van der Waals surface area contributed by atoms with Crippen molar-refractivity contribution in [1.29, 1.82) is 0 Å². The summed E-state index contributed by atoms with van der Waals surface area (Å²) in [5, 5.41) is 0.0135. The van der Waals surface area contributed by atoms with Gasteiger partial charge in [0.05, 0.1) is 7.11 Å². The molecule has 1 heterocycles. The van der Waals surface area contributed by atoms with Gasteiger partial charge in [-0.3, -0.25) is 0 Å². The first-order valence-corrected chi connectivity index (χ1v) is 8.13. The van der Waals surface area contributed by atoms with Crippen molar-refractivity contribution in [3.05, 3.63) is 47.4 Å².